The minimum absolute atomic E-state index is 0.0427. The van der Waals surface area contributed by atoms with Crippen LogP contribution < -0.4 is 11.2 Å². The number of hydrogen-bond donors (Lipinski definition) is 3. The summed E-state index contributed by atoms with van der Waals surface area (Å²) in [4.78, 5) is 10.9. The molecule has 7 nitrogen and oxygen atoms in total. The Hall–Kier alpha value is -1.64. The molecule has 0 fully saturated rings. The van der Waals surface area contributed by atoms with E-state index in [1.165, 1.54) is 18.2 Å². The maximum Gasteiger partial charge on any atom is 0.418 e. The quantitative estimate of drug-likeness (QED) is 0.494. The Labute approximate surface area is 85.8 Å². The molecule has 1 aromatic rings. The Morgan fingerprint density at radius 2 is 2.00 bits per heavy atom. The fourth-order valence-corrected chi connectivity index (χ4v) is 1.08. The summed E-state index contributed by atoms with van der Waals surface area (Å²) in [6.45, 7) is 0. The van der Waals surface area contributed by atoms with E-state index in [1.54, 1.807) is 6.07 Å². The summed E-state index contributed by atoms with van der Waals surface area (Å²) in [7, 11) is -4.63. The maximum absolute atomic E-state index is 10.9. The second-order valence-corrected chi connectivity index (χ2v) is 3.55. The molecule has 0 saturated heterocycles. The molecule has 0 bridgehead atoms. The molecule has 0 spiro atoms. The first kappa shape index (κ1) is 11.4. The first-order valence-corrected chi connectivity index (χ1v) is 5.07. The van der Waals surface area contributed by atoms with Gasteiger partial charge in [0.05, 0.1) is 11.3 Å². The van der Waals surface area contributed by atoms with Gasteiger partial charge in [-0.05, 0) is 12.1 Å². The number of rotatable bonds is 4. The van der Waals surface area contributed by atoms with Crippen molar-refractivity contribution in [2.24, 2.45) is 5.73 Å². The third kappa shape index (κ3) is 3.54. The van der Waals surface area contributed by atoms with Crippen LogP contribution in [0, 0.1) is 0 Å². The number of amides is 1. The number of primary amides is 1. The van der Waals surface area contributed by atoms with Gasteiger partial charge < -0.3 is 5.73 Å². The van der Waals surface area contributed by atoms with Crippen molar-refractivity contribution in [2.45, 2.75) is 0 Å². The van der Waals surface area contributed by atoms with E-state index >= 15 is 0 Å². The van der Waals surface area contributed by atoms with E-state index in [2.05, 4.69) is 4.28 Å². The second-order valence-electron chi connectivity index (χ2n) is 2.52. The van der Waals surface area contributed by atoms with E-state index in [-0.39, 0.29) is 11.3 Å². The normalized spacial score (nSPS) is 11.0. The number of para-hydroxylation sites is 1. The van der Waals surface area contributed by atoms with Gasteiger partial charge >= 0.3 is 10.4 Å². The highest BCUT2D eigenvalue weighted by Crippen LogP contribution is 2.14. The fraction of sp³-hybridized carbons (Fsp3) is 0. The van der Waals surface area contributed by atoms with E-state index in [0.717, 1.165) is 0 Å². The van der Waals surface area contributed by atoms with Crippen LogP contribution in [0.25, 0.3) is 0 Å². The summed E-state index contributed by atoms with van der Waals surface area (Å²) < 4.78 is 32.6. The Morgan fingerprint density at radius 1 is 1.40 bits per heavy atom. The van der Waals surface area contributed by atoms with Crippen molar-refractivity contribution in [1.82, 2.24) is 0 Å². The zero-order valence-corrected chi connectivity index (χ0v) is 8.19. The molecule has 0 radical (unpaired) electrons. The lowest BCUT2D eigenvalue weighted by molar-refractivity contribution is 0.100. The van der Waals surface area contributed by atoms with Crippen LogP contribution in [0.5, 0.6) is 0 Å². The summed E-state index contributed by atoms with van der Waals surface area (Å²) >= 11 is 0. The van der Waals surface area contributed by atoms with Crippen LogP contribution in [0.3, 0.4) is 0 Å². The van der Waals surface area contributed by atoms with Crippen LogP contribution >= 0.6 is 0 Å². The van der Waals surface area contributed by atoms with Crippen molar-refractivity contribution in [3.05, 3.63) is 29.8 Å². The molecule has 1 aromatic carbocycles. The van der Waals surface area contributed by atoms with Gasteiger partial charge in [-0.2, -0.15) is 8.42 Å². The molecule has 1 rings (SSSR count). The van der Waals surface area contributed by atoms with E-state index < -0.39 is 16.3 Å². The van der Waals surface area contributed by atoms with Crippen molar-refractivity contribution >= 4 is 22.0 Å². The average Bonchev–Trinajstić information content (AvgIpc) is 2.14. The zero-order chi connectivity index (χ0) is 11.5. The lowest BCUT2D eigenvalue weighted by atomic mass is 10.2. The number of hydrogen-bond acceptors (Lipinski definition) is 5. The van der Waals surface area contributed by atoms with Gasteiger partial charge in [0.25, 0.3) is 5.91 Å². The highest BCUT2D eigenvalue weighted by atomic mass is 32.3. The minimum atomic E-state index is -4.63. The molecule has 8 heteroatoms. The van der Waals surface area contributed by atoms with Crippen LogP contribution in [0.15, 0.2) is 24.3 Å². The van der Waals surface area contributed by atoms with Crippen molar-refractivity contribution in [2.75, 3.05) is 5.48 Å². The van der Waals surface area contributed by atoms with Gasteiger partial charge in [0.1, 0.15) is 0 Å². The second kappa shape index (κ2) is 4.26. The predicted molar refractivity (Wildman–Crippen MR) is 51.2 cm³/mol. The Morgan fingerprint density at radius 3 is 2.53 bits per heavy atom. The SMILES string of the molecule is NC(=O)c1ccccc1NOS(=O)(=O)O. The number of anilines is 1. The lowest BCUT2D eigenvalue weighted by Gasteiger charge is -2.06. The van der Waals surface area contributed by atoms with E-state index in [0.29, 0.717) is 0 Å². The minimum Gasteiger partial charge on any atom is -0.366 e. The van der Waals surface area contributed by atoms with Gasteiger partial charge in [0, 0.05) is 0 Å². The standard InChI is InChI=1S/C7H8N2O5S/c8-7(10)5-3-1-2-4-6(5)9-14-15(11,12)13/h1-4,9H,(H2,8,10)(H,11,12,13). The van der Waals surface area contributed by atoms with Crippen LogP contribution in [0.4, 0.5) is 5.69 Å². The fourth-order valence-electron chi connectivity index (χ4n) is 0.885. The monoisotopic (exact) mass is 232 g/mol. The summed E-state index contributed by atoms with van der Waals surface area (Å²) in [5.41, 5.74) is 6.99. The summed E-state index contributed by atoms with van der Waals surface area (Å²) in [6, 6.07) is 5.81. The van der Waals surface area contributed by atoms with Crippen molar-refractivity contribution < 1.29 is 22.0 Å². The molecular formula is C7H8N2O5S. The first-order valence-electron chi connectivity index (χ1n) is 3.71. The molecule has 0 saturated carbocycles. The molecular weight excluding hydrogens is 224 g/mol. The van der Waals surface area contributed by atoms with Gasteiger partial charge in [0.15, 0.2) is 0 Å². The maximum atomic E-state index is 10.9. The summed E-state index contributed by atoms with van der Waals surface area (Å²) in [5.74, 6) is -0.753. The van der Waals surface area contributed by atoms with Crippen LogP contribution in [0.1, 0.15) is 10.4 Å². The number of carbonyl (C=O) groups excluding carboxylic acids is 1. The van der Waals surface area contributed by atoms with Crippen LogP contribution in [-0.2, 0) is 14.7 Å². The van der Waals surface area contributed by atoms with E-state index in [4.69, 9.17) is 10.3 Å². The van der Waals surface area contributed by atoms with Gasteiger partial charge in [-0.15, -0.1) is 4.28 Å². The third-order valence-corrected chi connectivity index (χ3v) is 1.74. The van der Waals surface area contributed by atoms with Crippen LogP contribution in [-0.4, -0.2) is 18.9 Å². The smallest absolute Gasteiger partial charge is 0.366 e. The lowest BCUT2D eigenvalue weighted by Crippen LogP contribution is -2.16. The number of benzene rings is 1. The highest BCUT2D eigenvalue weighted by Gasteiger charge is 2.10. The third-order valence-electron chi connectivity index (χ3n) is 1.45. The van der Waals surface area contributed by atoms with Crippen LogP contribution in [0.2, 0.25) is 0 Å². The van der Waals surface area contributed by atoms with Crippen molar-refractivity contribution in [3.8, 4) is 0 Å². The number of nitrogens with two attached hydrogens (primary N) is 1. The Balaban J connectivity index is 2.90. The highest BCUT2D eigenvalue weighted by molar-refractivity contribution is 7.80. The number of nitrogens with one attached hydrogen (secondary N) is 1. The molecule has 0 aliphatic heterocycles. The van der Waals surface area contributed by atoms with E-state index in [9.17, 15) is 13.2 Å². The van der Waals surface area contributed by atoms with Gasteiger partial charge in [-0.25, -0.2) is 5.48 Å². The molecule has 1 amide bonds. The van der Waals surface area contributed by atoms with Crippen molar-refractivity contribution in [3.63, 3.8) is 0 Å². The summed E-state index contributed by atoms with van der Waals surface area (Å²) in [6.07, 6.45) is 0. The Kier molecular flexibility index (Phi) is 3.24. The first-order chi connectivity index (χ1) is 6.90. The average molecular weight is 232 g/mol. The molecule has 0 aromatic heterocycles. The van der Waals surface area contributed by atoms with Gasteiger partial charge in [-0.1, -0.05) is 12.1 Å². The van der Waals surface area contributed by atoms with Gasteiger partial charge in [0.2, 0.25) is 0 Å². The molecule has 0 unspecified atom stereocenters. The van der Waals surface area contributed by atoms with E-state index in [1.807, 2.05) is 5.48 Å². The molecule has 82 valence electrons. The molecule has 15 heavy (non-hydrogen) atoms. The van der Waals surface area contributed by atoms with Gasteiger partial charge in [-0.3, -0.25) is 9.35 Å². The summed E-state index contributed by atoms with van der Waals surface area (Å²) in [5, 5.41) is 0. The van der Waals surface area contributed by atoms with Crippen molar-refractivity contribution in [1.29, 1.82) is 0 Å². The Bertz CT molecular complexity index is 470. The zero-order valence-electron chi connectivity index (χ0n) is 7.38. The molecule has 0 atom stereocenters. The molecule has 0 aliphatic rings. The predicted octanol–water partition coefficient (Wildman–Crippen LogP) is -0.0682. The largest absolute Gasteiger partial charge is 0.418 e. The number of carbonyl (C=O) groups is 1. The topological polar surface area (TPSA) is 119 Å². The molecule has 4 N–H and O–H groups in total. The molecule has 0 aliphatic carbocycles. The molecule has 0 heterocycles.